The van der Waals surface area contributed by atoms with E-state index in [4.69, 9.17) is 0 Å². The van der Waals surface area contributed by atoms with Crippen LogP contribution in [0.5, 0.6) is 0 Å². The Morgan fingerprint density at radius 1 is 1.00 bits per heavy atom. The van der Waals surface area contributed by atoms with Crippen molar-refractivity contribution in [2.24, 2.45) is 0 Å². The van der Waals surface area contributed by atoms with Gasteiger partial charge >= 0.3 is 0 Å². The fourth-order valence-electron chi connectivity index (χ4n) is 2.77. The number of hydrogen-bond acceptors (Lipinski definition) is 5. The second kappa shape index (κ2) is 6.40. The van der Waals surface area contributed by atoms with Crippen LogP contribution in [0.25, 0.3) is 22.3 Å². The number of pyridine rings is 1. The quantitative estimate of drug-likeness (QED) is 0.541. The highest BCUT2D eigenvalue weighted by Crippen LogP contribution is 2.23. The van der Waals surface area contributed by atoms with Crippen LogP contribution in [0.4, 0.5) is 11.6 Å². The molecule has 0 unspecified atom stereocenters. The number of fused-ring (bicyclic) bond motifs is 1. The molecule has 0 aliphatic heterocycles. The Morgan fingerprint density at radius 2 is 1.85 bits per heavy atom. The van der Waals surface area contributed by atoms with Gasteiger partial charge in [-0.1, -0.05) is 0 Å². The number of Topliss-reactive ketones (excluding diaryl/α,β-unsaturated/α-hetero) is 1. The zero-order valence-electron chi connectivity index (χ0n) is 14.4. The van der Waals surface area contributed by atoms with E-state index in [9.17, 15) is 4.79 Å². The lowest BCUT2D eigenvalue weighted by Gasteiger charge is -2.07. The molecule has 26 heavy (non-hydrogen) atoms. The molecule has 0 aliphatic rings. The molecule has 0 saturated carbocycles. The van der Waals surface area contributed by atoms with E-state index in [-0.39, 0.29) is 5.78 Å². The number of carbonyl (C=O) groups excluding carboxylic acids is 1. The molecule has 0 atom stereocenters. The van der Waals surface area contributed by atoms with Crippen molar-refractivity contribution in [2.75, 3.05) is 5.32 Å². The summed E-state index contributed by atoms with van der Waals surface area (Å²) in [5, 5.41) is 4.17. The van der Waals surface area contributed by atoms with Gasteiger partial charge in [0.15, 0.2) is 5.78 Å². The van der Waals surface area contributed by atoms with E-state index in [0.717, 1.165) is 33.5 Å². The number of aryl methyl sites for hydroxylation is 1. The van der Waals surface area contributed by atoms with Crippen molar-refractivity contribution in [1.29, 1.82) is 0 Å². The highest BCUT2D eigenvalue weighted by molar-refractivity contribution is 5.98. The summed E-state index contributed by atoms with van der Waals surface area (Å²) in [6, 6.07) is 13.4. The van der Waals surface area contributed by atoms with Crippen molar-refractivity contribution in [1.82, 2.24) is 19.9 Å². The number of benzene rings is 1. The van der Waals surface area contributed by atoms with Crippen LogP contribution in [0, 0.1) is 6.92 Å². The maximum atomic E-state index is 11.5. The van der Waals surface area contributed by atoms with Gasteiger partial charge in [0.25, 0.3) is 0 Å². The molecule has 2 N–H and O–H groups in total. The number of rotatable bonds is 4. The monoisotopic (exact) mass is 343 g/mol. The van der Waals surface area contributed by atoms with E-state index in [2.05, 4.69) is 25.3 Å². The molecule has 6 nitrogen and oxygen atoms in total. The molecule has 128 valence electrons. The minimum absolute atomic E-state index is 0.0115. The van der Waals surface area contributed by atoms with Gasteiger partial charge in [-0.05, 0) is 55.0 Å². The number of nitrogens with zero attached hydrogens (tertiary/aromatic N) is 3. The number of hydrogen-bond donors (Lipinski definition) is 2. The van der Waals surface area contributed by atoms with Crippen LogP contribution in [0.15, 0.2) is 54.9 Å². The van der Waals surface area contributed by atoms with Crippen LogP contribution < -0.4 is 5.32 Å². The average Bonchev–Trinajstić information content (AvgIpc) is 3.06. The van der Waals surface area contributed by atoms with Crippen molar-refractivity contribution in [3.8, 4) is 11.4 Å². The standard InChI is InChI=1S/C20H17N5O/c1-12-5-7-21-19(9-12)17-6-8-22-20(25-17)23-15-3-4-16-14(10-15)11-18(24-16)13(2)26/h3-11,24H,1-2H3,(H,22,23,25). The molecule has 3 heterocycles. The number of aromatic nitrogens is 4. The third kappa shape index (κ3) is 3.17. The third-order valence-corrected chi connectivity index (χ3v) is 4.09. The summed E-state index contributed by atoms with van der Waals surface area (Å²) in [6.45, 7) is 3.56. The minimum Gasteiger partial charge on any atom is -0.352 e. The first kappa shape index (κ1) is 16.0. The second-order valence-electron chi connectivity index (χ2n) is 6.15. The van der Waals surface area contributed by atoms with Gasteiger partial charge in [-0.25, -0.2) is 9.97 Å². The van der Waals surface area contributed by atoms with Gasteiger partial charge in [0.2, 0.25) is 5.95 Å². The lowest BCUT2D eigenvalue weighted by Crippen LogP contribution is -1.98. The first-order valence-corrected chi connectivity index (χ1v) is 8.25. The van der Waals surface area contributed by atoms with Crippen LogP contribution in [-0.2, 0) is 0 Å². The van der Waals surface area contributed by atoms with Crippen LogP contribution in [-0.4, -0.2) is 25.7 Å². The third-order valence-electron chi connectivity index (χ3n) is 4.09. The van der Waals surface area contributed by atoms with Crippen LogP contribution in [0.3, 0.4) is 0 Å². The Labute approximate surface area is 150 Å². The van der Waals surface area contributed by atoms with E-state index < -0.39 is 0 Å². The molecular formula is C20H17N5O. The molecule has 0 spiro atoms. The number of carbonyl (C=O) groups is 1. The molecule has 3 aromatic heterocycles. The predicted molar refractivity (Wildman–Crippen MR) is 102 cm³/mol. The lowest BCUT2D eigenvalue weighted by atomic mass is 10.2. The summed E-state index contributed by atoms with van der Waals surface area (Å²) >= 11 is 0. The topological polar surface area (TPSA) is 83.6 Å². The summed E-state index contributed by atoms with van der Waals surface area (Å²) < 4.78 is 0. The SMILES string of the molecule is CC(=O)c1cc2cc(Nc3nccc(-c4cc(C)ccn4)n3)ccc2[nH]1. The minimum atomic E-state index is 0.0115. The maximum absolute atomic E-state index is 11.5. The van der Waals surface area contributed by atoms with Gasteiger partial charge in [-0.3, -0.25) is 9.78 Å². The molecule has 0 fully saturated rings. The normalized spacial score (nSPS) is 10.8. The molecule has 4 aromatic rings. The molecule has 1 aromatic carbocycles. The number of H-pyrrole nitrogens is 1. The van der Waals surface area contributed by atoms with E-state index in [1.54, 1.807) is 19.3 Å². The second-order valence-corrected chi connectivity index (χ2v) is 6.15. The van der Waals surface area contributed by atoms with Crippen molar-refractivity contribution in [2.45, 2.75) is 13.8 Å². The van der Waals surface area contributed by atoms with Gasteiger partial charge in [-0.2, -0.15) is 0 Å². The first-order chi connectivity index (χ1) is 12.6. The smallest absolute Gasteiger partial charge is 0.227 e. The van der Waals surface area contributed by atoms with Crippen molar-refractivity contribution in [3.05, 3.63) is 66.1 Å². The van der Waals surface area contributed by atoms with Crippen LogP contribution in [0.2, 0.25) is 0 Å². The summed E-state index contributed by atoms with van der Waals surface area (Å²) in [4.78, 5) is 27.8. The van der Waals surface area contributed by atoms with Crippen molar-refractivity contribution < 1.29 is 4.79 Å². The molecule has 0 radical (unpaired) electrons. The van der Waals surface area contributed by atoms with Crippen LogP contribution >= 0.6 is 0 Å². The summed E-state index contributed by atoms with van der Waals surface area (Å²) in [6.07, 6.45) is 3.48. The summed E-state index contributed by atoms with van der Waals surface area (Å²) in [5.41, 5.74) is 5.05. The molecule has 0 saturated heterocycles. The maximum Gasteiger partial charge on any atom is 0.227 e. The Bertz CT molecular complexity index is 1120. The van der Waals surface area contributed by atoms with Gasteiger partial charge in [0.1, 0.15) is 0 Å². The number of ketones is 1. The molecule has 6 heteroatoms. The fourth-order valence-corrected chi connectivity index (χ4v) is 2.77. The van der Waals surface area contributed by atoms with Gasteiger partial charge in [0, 0.05) is 35.9 Å². The van der Waals surface area contributed by atoms with E-state index in [1.165, 1.54) is 0 Å². The summed E-state index contributed by atoms with van der Waals surface area (Å²) in [5.74, 6) is 0.505. The lowest BCUT2D eigenvalue weighted by molar-refractivity contribution is 0.101. The molecule has 4 rings (SSSR count). The number of anilines is 2. The molecule has 0 amide bonds. The van der Waals surface area contributed by atoms with Gasteiger partial charge in [-0.15, -0.1) is 0 Å². The predicted octanol–water partition coefficient (Wildman–Crippen LogP) is 4.27. The Kier molecular flexibility index (Phi) is 3.93. The zero-order valence-corrected chi connectivity index (χ0v) is 14.4. The van der Waals surface area contributed by atoms with E-state index in [0.29, 0.717) is 11.6 Å². The summed E-state index contributed by atoms with van der Waals surface area (Å²) in [7, 11) is 0. The van der Waals surface area contributed by atoms with Gasteiger partial charge in [0.05, 0.1) is 17.1 Å². The first-order valence-electron chi connectivity index (χ1n) is 8.25. The molecule has 0 bridgehead atoms. The molecular weight excluding hydrogens is 326 g/mol. The van der Waals surface area contributed by atoms with Crippen molar-refractivity contribution >= 4 is 28.3 Å². The highest BCUT2D eigenvalue weighted by Gasteiger charge is 2.07. The van der Waals surface area contributed by atoms with Crippen molar-refractivity contribution in [3.63, 3.8) is 0 Å². The average molecular weight is 343 g/mol. The largest absolute Gasteiger partial charge is 0.352 e. The number of aromatic amines is 1. The fraction of sp³-hybridized carbons (Fsp3) is 0.100. The van der Waals surface area contributed by atoms with E-state index in [1.807, 2.05) is 49.4 Å². The Balaban J connectivity index is 1.64. The Hall–Kier alpha value is -3.54. The Morgan fingerprint density at radius 3 is 2.65 bits per heavy atom. The number of nitrogens with one attached hydrogen (secondary N) is 2. The zero-order chi connectivity index (χ0) is 18.1. The highest BCUT2D eigenvalue weighted by atomic mass is 16.1. The van der Waals surface area contributed by atoms with Gasteiger partial charge < -0.3 is 10.3 Å². The molecule has 0 aliphatic carbocycles. The van der Waals surface area contributed by atoms with E-state index >= 15 is 0 Å². The van der Waals surface area contributed by atoms with Crippen LogP contribution in [0.1, 0.15) is 23.0 Å².